The summed E-state index contributed by atoms with van der Waals surface area (Å²) in [5.41, 5.74) is 1.54. The van der Waals surface area contributed by atoms with Crippen LogP contribution in [0.2, 0.25) is 0 Å². The first-order chi connectivity index (χ1) is 16.8. The number of benzene rings is 3. The summed E-state index contributed by atoms with van der Waals surface area (Å²) in [6.07, 6.45) is -0.0763. The Morgan fingerprint density at radius 1 is 1.00 bits per heavy atom. The molecule has 3 aromatic rings. The standard InChI is InChI=1S/C28H26FNO5/c1-17(2)35-23-9-5-7-20(15-23)25-24(26(31)19-10-12-21(29)13-11-19)27(32)28(33)30(25)16-18-6-4-8-22(14-18)34-3/h4-15,17,25,31H,16H2,1-3H3/b26-24-. The zero-order valence-corrected chi connectivity index (χ0v) is 19.7. The summed E-state index contributed by atoms with van der Waals surface area (Å²) in [5, 5.41) is 11.1. The number of ketones is 1. The van der Waals surface area contributed by atoms with Crippen molar-refractivity contribution in [2.45, 2.75) is 32.5 Å². The Balaban J connectivity index is 1.85. The summed E-state index contributed by atoms with van der Waals surface area (Å²) in [5.74, 6) is -1.20. The Labute approximate surface area is 203 Å². The van der Waals surface area contributed by atoms with E-state index in [1.807, 2.05) is 19.9 Å². The fourth-order valence-electron chi connectivity index (χ4n) is 4.15. The van der Waals surface area contributed by atoms with Crippen LogP contribution in [0.3, 0.4) is 0 Å². The molecular weight excluding hydrogens is 449 g/mol. The molecule has 4 rings (SSSR count). The third kappa shape index (κ3) is 5.04. The van der Waals surface area contributed by atoms with E-state index in [1.54, 1.807) is 49.6 Å². The van der Waals surface area contributed by atoms with Gasteiger partial charge in [-0.05, 0) is 73.5 Å². The van der Waals surface area contributed by atoms with Crippen LogP contribution in [0.25, 0.3) is 5.76 Å². The SMILES string of the molecule is COc1cccc(CN2C(=O)C(=O)/C(=C(\O)c3ccc(F)cc3)C2c2cccc(OC(C)C)c2)c1. The predicted molar refractivity (Wildman–Crippen MR) is 129 cm³/mol. The molecule has 6 nitrogen and oxygen atoms in total. The predicted octanol–water partition coefficient (Wildman–Crippen LogP) is 5.24. The number of Topliss-reactive ketones (excluding diaryl/α,β-unsaturated/α-hetero) is 1. The molecule has 0 aliphatic carbocycles. The lowest BCUT2D eigenvalue weighted by Crippen LogP contribution is -2.29. The summed E-state index contributed by atoms with van der Waals surface area (Å²) in [7, 11) is 1.55. The Kier molecular flexibility index (Phi) is 6.87. The minimum atomic E-state index is -0.873. The van der Waals surface area contributed by atoms with Gasteiger partial charge in [0.15, 0.2) is 0 Å². The van der Waals surface area contributed by atoms with E-state index in [1.165, 1.54) is 29.2 Å². The molecule has 1 heterocycles. The van der Waals surface area contributed by atoms with E-state index in [9.17, 15) is 19.1 Å². The molecule has 1 saturated heterocycles. The molecule has 0 aromatic heterocycles. The normalized spacial score (nSPS) is 17.2. The van der Waals surface area contributed by atoms with Gasteiger partial charge in [0.25, 0.3) is 11.7 Å². The second kappa shape index (κ2) is 10.0. The summed E-state index contributed by atoms with van der Waals surface area (Å²) >= 11 is 0. The van der Waals surface area contributed by atoms with Crippen molar-refractivity contribution in [3.8, 4) is 11.5 Å². The van der Waals surface area contributed by atoms with E-state index in [2.05, 4.69) is 0 Å². The Hall–Kier alpha value is -4.13. The number of aliphatic hydroxyl groups is 1. The van der Waals surface area contributed by atoms with Gasteiger partial charge >= 0.3 is 0 Å². The molecule has 7 heteroatoms. The maximum absolute atomic E-state index is 13.5. The highest BCUT2D eigenvalue weighted by molar-refractivity contribution is 6.46. The van der Waals surface area contributed by atoms with Crippen LogP contribution < -0.4 is 9.47 Å². The van der Waals surface area contributed by atoms with E-state index < -0.39 is 23.5 Å². The van der Waals surface area contributed by atoms with Crippen molar-refractivity contribution in [2.24, 2.45) is 0 Å². The number of hydrogen-bond acceptors (Lipinski definition) is 5. The van der Waals surface area contributed by atoms with Crippen molar-refractivity contribution < 1.29 is 28.6 Å². The summed E-state index contributed by atoms with van der Waals surface area (Å²) in [6.45, 7) is 3.91. The summed E-state index contributed by atoms with van der Waals surface area (Å²) < 4.78 is 24.6. The van der Waals surface area contributed by atoms with Gasteiger partial charge in [0.2, 0.25) is 0 Å². The van der Waals surface area contributed by atoms with E-state index >= 15 is 0 Å². The van der Waals surface area contributed by atoms with Crippen LogP contribution in [0, 0.1) is 5.82 Å². The number of carbonyl (C=O) groups is 2. The van der Waals surface area contributed by atoms with Gasteiger partial charge < -0.3 is 19.5 Å². The largest absolute Gasteiger partial charge is 0.507 e. The minimum absolute atomic E-state index is 0.0637. The van der Waals surface area contributed by atoms with Crippen molar-refractivity contribution >= 4 is 17.4 Å². The molecule has 35 heavy (non-hydrogen) atoms. The zero-order valence-electron chi connectivity index (χ0n) is 19.7. The van der Waals surface area contributed by atoms with Gasteiger partial charge in [-0.3, -0.25) is 9.59 Å². The van der Waals surface area contributed by atoms with Crippen LogP contribution in [0.5, 0.6) is 11.5 Å². The van der Waals surface area contributed by atoms with Gasteiger partial charge in [-0.1, -0.05) is 24.3 Å². The topological polar surface area (TPSA) is 76.1 Å². The first-order valence-corrected chi connectivity index (χ1v) is 11.2. The van der Waals surface area contributed by atoms with Gasteiger partial charge in [-0.15, -0.1) is 0 Å². The zero-order chi connectivity index (χ0) is 25.1. The molecule has 3 aromatic carbocycles. The number of methoxy groups -OCH3 is 1. The molecule has 1 atom stereocenters. The highest BCUT2D eigenvalue weighted by Gasteiger charge is 2.46. The smallest absolute Gasteiger partial charge is 0.295 e. The van der Waals surface area contributed by atoms with Gasteiger partial charge in [-0.25, -0.2) is 4.39 Å². The van der Waals surface area contributed by atoms with Crippen molar-refractivity contribution in [1.29, 1.82) is 0 Å². The molecule has 1 amide bonds. The summed E-state index contributed by atoms with van der Waals surface area (Å²) in [4.78, 5) is 27.9. The third-order valence-electron chi connectivity index (χ3n) is 5.69. The van der Waals surface area contributed by atoms with Crippen LogP contribution in [0.15, 0.2) is 78.4 Å². The van der Waals surface area contributed by atoms with Crippen LogP contribution in [0.1, 0.15) is 36.6 Å². The van der Waals surface area contributed by atoms with Gasteiger partial charge in [0, 0.05) is 12.1 Å². The number of hydrogen-bond donors (Lipinski definition) is 1. The van der Waals surface area contributed by atoms with Crippen molar-refractivity contribution in [1.82, 2.24) is 4.90 Å². The fourth-order valence-corrected chi connectivity index (χ4v) is 4.15. The third-order valence-corrected chi connectivity index (χ3v) is 5.69. The first kappa shape index (κ1) is 24.0. The number of aliphatic hydroxyl groups excluding tert-OH is 1. The lowest BCUT2D eigenvalue weighted by molar-refractivity contribution is -0.140. The second-order valence-corrected chi connectivity index (χ2v) is 8.52. The Morgan fingerprint density at radius 2 is 1.69 bits per heavy atom. The number of carbonyl (C=O) groups excluding carboxylic acids is 2. The molecule has 1 aliphatic rings. The average Bonchev–Trinajstić information content (AvgIpc) is 3.09. The van der Waals surface area contributed by atoms with E-state index in [0.717, 1.165) is 5.56 Å². The molecule has 1 N–H and O–H groups in total. The molecule has 180 valence electrons. The monoisotopic (exact) mass is 475 g/mol. The van der Waals surface area contributed by atoms with Crippen LogP contribution >= 0.6 is 0 Å². The van der Waals surface area contributed by atoms with Gasteiger partial charge in [-0.2, -0.15) is 0 Å². The molecule has 1 unspecified atom stereocenters. The highest BCUT2D eigenvalue weighted by atomic mass is 19.1. The Bertz CT molecular complexity index is 1280. The van der Waals surface area contributed by atoms with E-state index in [-0.39, 0.29) is 29.5 Å². The van der Waals surface area contributed by atoms with Gasteiger partial charge in [0.05, 0.1) is 24.8 Å². The number of nitrogens with zero attached hydrogens (tertiary/aromatic N) is 1. The number of amides is 1. The quantitative estimate of drug-likeness (QED) is 0.287. The average molecular weight is 476 g/mol. The molecule has 1 fully saturated rings. The fraction of sp³-hybridized carbons (Fsp3) is 0.214. The van der Waals surface area contributed by atoms with Crippen LogP contribution in [0.4, 0.5) is 4.39 Å². The highest BCUT2D eigenvalue weighted by Crippen LogP contribution is 2.41. The van der Waals surface area contributed by atoms with E-state index in [4.69, 9.17) is 9.47 Å². The number of ether oxygens (including phenoxy) is 2. The number of halogens is 1. The molecule has 0 bridgehead atoms. The van der Waals surface area contributed by atoms with Crippen LogP contribution in [-0.2, 0) is 16.1 Å². The second-order valence-electron chi connectivity index (χ2n) is 8.52. The van der Waals surface area contributed by atoms with Crippen molar-refractivity contribution in [2.75, 3.05) is 7.11 Å². The minimum Gasteiger partial charge on any atom is -0.507 e. The molecule has 0 spiro atoms. The summed E-state index contributed by atoms with van der Waals surface area (Å²) in [6, 6.07) is 18.5. The van der Waals surface area contributed by atoms with Crippen molar-refractivity contribution in [3.63, 3.8) is 0 Å². The number of rotatable bonds is 7. The molecular formula is C28H26FNO5. The van der Waals surface area contributed by atoms with E-state index in [0.29, 0.717) is 17.1 Å². The number of likely N-dealkylation sites (tertiary alicyclic amines) is 1. The molecule has 1 aliphatic heterocycles. The molecule has 0 saturated carbocycles. The first-order valence-electron chi connectivity index (χ1n) is 11.2. The maximum Gasteiger partial charge on any atom is 0.295 e. The lowest BCUT2D eigenvalue weighted by Gasteiger charge is -2.26. The lowest BCUT2D eigenvalue weighted by atomic mass is 9.95. The van der Waals surface area contributed by atoms with Crippen LogP contribution in [-0.4, -0.2) is 34.9 Å². The molecule has 0 radical (unpaired) electrons. The van der Waals surface area contributed by atoms with Gasteiger partial charge in [0.1, 0.15) is 23.1 Å². The maximum atomic E-state index is 13.5. The van der Waals surface area contributed by atoms with Crippen molar-refractivity contribution in [3.05, 3.63) is 101 Å². The Morgan fingerprint density at radius 3 is 2.37 bits per heavy atom.